The summed E-state index contributed by atoms with van der Waals surface area (Å²) in [6.45, 7) is -0.174. The number of imide groups is 1. The zero-order chi connectivity index (χ0) is 19.2. The molecule has 0 aliphatic carbocycles. The maximum atomic E-state index is 13.0. The standard InChI is InChI=1S/C21H23NO5/c1-26-19-9-7-16(8-10-19)11-17(13-23)20(24)22-18(14-27-21(22)25)12-15-5-3-2-4-6-15/h2-10,17-18,23H,11-14H2,1H3/t17-,18+/m0/s1. The first kappa shape index (κ1) is 18.9. The fourth-order valence-corrected chi connectivity index (χ4v) is 3.24. The van der Waals surface area contributed by atoms with Crippen LogP contribution in [0.25, 0.3) is 0 Å². The van der Waals surface area contributed by atoms with Gasteiger partial charge in [0.2, 0.25) is 5.91 Å². The monoisotopic (exact) mass is 369 g/mol. The maximum absolute atomic E-state index is 13.0. The van der Waals surface area contributed by atoms with Gasteiger partial charge in [0.05, 0.1) is 25.7 Å². The Morgan fingerprint density at radius 1 is 1.19 bits per heavy atom. The summed E-state index contributed by atoms with van der Waals surface area (Å²) >= 11 is 0. The van der Waals surface area contributed by atoms with E-state index in [1.54, 1.807) is 19.2 Å². The first-order valence-electron chi connectivity index (χ1n) is 8.90. The largest absolute Gasteiger partial charge is 0.497 e. The third kappa shape index (κ3) is 4.46. The Balaban J connectivity index is 1.72. The van der Waals surface area contributed by atoms with Crippen molar-refractivity contribution >= 4 is 12.0 Å². The summed E-state index contributed by atoms with van der Waals surface area (Å²) in [6.07, 6.45) is 0.217. The van der Waals surface area contributed by atoms with Crippen molar-refractivity contribution in [3.63, 3.8) is 0 Å². The molecule has 0 saturated carbocycles. The van der Waals surface area contributed by atoms with Crippen molar-refractivity contribution in [1.82, 2.24) is 4.90 Å². The molecule has 142 valence electrons. The Labute approximate surface area is 158 Å². The number of ether oxygens (including phenoxy) is 2. The third-order valence-electron chi connectivity index (χ3n) is 4.72. The molecule has 1 aliphatic heterocycles. The van der Waals surface area contributed by atoms with Gasteiger partial charge in [-0.05, 0) is 36.1 Å². The van der Waals surface area contributed by atoms with E-state index in [0.717, 1.165) is 21.8 Å². The van der Waals surface area contributed by atoms with Crippen molar-refractivity contribution < 1.29 is 24.2 Å². The summed E-state index contributed by atoms with van der Waals surface area (Å²) in [5, 5.41) is 9.76. The van der Waals surface area contributed by atoms with Crippen molar-refractivity contribution in [2.75, 3.05) is 20.3 Å². The molecule has 1 saturated heterocycles. The minimum Gasteiger partial charge on any atom is -0.497 e. The highest BCUT2D eigenvalue weighted by Crippen LogP contribution is 2.22. The van der Waals surface area contributed by atoms with E-state index in [0.29, 0.717) is 12.8 Å². The van der Waals surface area contributed by atoms with E-state index in [1.807, 2.05) is 42.5 Å². The topological polar surface area (TPSA) is 76.1 Å². The predicted molar refractivity (Wildman–Crippen MR) is 99.4 cm³/mol. The van der Waals surface area contributed by atoms with Crippen LogP contribution in [-0.4, -0.2) is 48.4 Å². The number of hydrogen-bond acceptors (Lipinski definition) is 5. The zero-order valence-corrected chi connectivity index (χ0v) is 15.2. The second-order valence-corrected chi connectivity index (χ2v) is 6.56. The number of benzene rings is 2. The van der Waals surface area contributed by atoms with E-state index in [9.17, 15) is 14.7 Å². The van der Waals surface area contributed by atoms with Gasteiger partial charge in [-0.2, -0.15) is 0 Å². The SMILES string of the molecule is COc1ccc(C[C@@H](CO)C(=O)N2C(=O)OC[C@H]2Cc2ccccc2)cc1. The fourth-order valence-electron chi connectivity index (χ4n) is 3.24. The van der Waals surface area contributed by atoms with E-state index in [4.69, 9.17) is 9.47 Å². The predicted octanol–water partition coefficient (Wildman–Crippen LogP) is 2.44. The Morgan fingerprint density at radius 2 is 1.89 bits per heavy atom. The Hall–Kier alpha value is -2.86. The molecule has 27 heavy (non-hydrogen) atoms. The van der Waals surface area contributed by atoms with Gasteiger partial charge in [0, 0.05) is 0 Å². The molecule has 3 rings (SSSR count). The van der Waals surface area contributed by atoms with E-state index in [1.165, 1.54) is 0 Å². The minimum atomic E-state index is -0.706. The molecule has 1 N–H and O–H groups in total. The lowest BCUT2D eigenvalue weighted by molar-refractivity contribution is -0.134. The molecule has 1 heterocycles. The average molecular weight is 369 g/mol. The Bertz CT molecular complexity index is 775. The summed E-state index contributed by atoms with van der Waals surface area (Å²) in [6, 6.07) is 16.6. The Kier molecular flexibility index (Phi) is 6.08. The molecule has 6 nitrogen and oxygen atoms in total. The van der Waals surface area contributed by atoms with Gasteiger partial charge in [-0.25, -0.2) is 9.69 Å². The normalized spacial score (nSPS) is 17.5. The lowest BCUT2D eigenvalue weighted by Gasteiger charge is -2.24. The second-order valence-electron chi connectivity index (χ2n) is 6.56. The molecule has 0 bridgehead atoms. The van der Waals surface area contributed by atoms with Crippen LogP contribution >= 0.6 is 0 Å². The lowest BCUT2D eigenvalue weighted by atomic mass is 9.97. The summed E-state index contributed by atoms with van der Waals surface area (Å²) in [4.78, 5) is 26.3. The molecular weight excluding hydrogens is 346 g/mol. The molecule has 2 aromatic carbocycles. The van der Waals surface area contributed by atoms with Crippen LogP contribution < -0.4 is 4.74 Å². The highest BCUT2D eigenvalue weighted by molar-refractivity contribution is 5.95. The summed E-state index contributed by atoms with van der Waals surface area (Å²) in [5.41, 5.74) is 1.91. The van der Waals surface area contributed by atoms with Crippen LogP contribution in [0.2, 0.25) is 0 Å². The van der Waals surface area contributed by atoms with Crippen molar-refractivity contribution in [3.8, 4) is 5.75 Å². The smallest absolute Gasteiger partial charge is 0.416 e. The van der Waals surface area contributed by atoms with Crippen LogP contribution in [0.4, 0.5) is 4.79 Å². The van der Waals surface area contributed by atoms with Gasteiger partial charge in [-0.3, -0.25) is 4.79 Å². The van der Waals surface area contributed by atoms with Gasteiger partial charge >= 0.3 is 6.09 Å². The highest BCUT2D eigenvalue weighted by atomic mass is 16.6. The molecule has 2 aromatic rings. The van der Waals surface area contributed by atoms with Crippen molar-refractivity contribution in [2.45, 2.75) is 18.9 Å². The molecule has 0 spiro atoms. The molecular formula is C21H23NO5. The number of amides is 2. The Morgan fingerprint density at radius 3 is 2.52 bits per heavy atom. The number of nitrogens with zero attached hydrogens (tertiary/aromatic N) is 1. The first-order chi connectivity index (χ1) is 13.1. The van der Waals surface area contributed by atoms with Crippen LogP contribution in [0.3, 0.4) is 0 Å². The number of aliphatic hydroxyl groups is 1. The van der Waals surface area contributed by atoms with Gasteiger partial charge in [0.25, 0.3) is 0 Å². The zero-order valence-electron chi connectivity index (χ0n) is 15.2. The van der Waals surface area contributed by atoms with E-state index < -0.39 is 17.9 Å². The number of rotatable bonds is 7. The molecule has 0 radical (unpaired) electrons. The molecule has 2 amide bonds. The number of aliphatic hydroxyl groups excluding tert-OH is 1. The van der Waals surface area contributed by atoms with E-state index in [-0.39, 0.29) is 19.3 Å². The van der Waals surface area contributed by atoms with Crippen LogP contribution in [0.15, 0.2) is 54.6 Å². The van der Waals surface area contributed by atoms with Gasteiger partial charge in [0.1, 0.15) is 12.4 Å². The van der Waals surface area contributed by atoms with Crippen molar-refractivity contribution in [1.29, 1.82) is 0 Å². The molecule has 6 heteroatoms. The number of carbonyl (C=O) groups excluding carboxylic acids is 2. The van der Waals surface area contributed by atoms with Crippen LogP contribution in [0.5, 0.6) is 5.75 Å². The van der Waals surface area contributed by atoms with Crippen molar-refractivity contribution in [3.05, 3.63) is 65.7 Å². The summed E-state index contributed by atoms with van der Waals surface area (Å²) in [7, 11) is 1.58. The molecule has 0 unspecified atom stereocenters. The fraction of sp³-hybridized carbons (Fsp3) is 0.333. The highest BCUT2D eigenvalue weighted by Gasteiger charge is 2.40. The van der Waals surface area contributed by atoms with Crippen LogP contribution in [0, 0.1) is 5.92 Å². The summed E-state index contributed by atoms with van der Waals surface area (Å²) in [5.74, 6) is -0.393. The molecule has 0 aromatic heterocycles. The van der Waals surface area contributed by atoms with E-state index in [2.05, 4.69) is 0 Å². The minimum absolute atomic E-state index is 0.167. The number of carbonyl (C=O) groups is 2. The lowest BCUT2D eigenvalue weighted by Crippen LogP contribution is -2.45. The maximum Gasteiger partial charge on any atom is 0.416 e. The van der Waals surface area contributed by atoms with Gasteiger partial charge < -0.3 is 14.6 Å². The first-order valence-corrected chi connectivity index (χ1v) is 8.90. The van der Waals surface area contributed by atoms with Gasteiger partial charge in [0.15, 0.2) is 0 Å². The number of cyclic esters (lactones) is 1. The van der Waals surface area contributed by atoms with Crippen molar-refractivity contribution in [2.24, 2.45) is 5.92 Å². The number of hydrogen-bond donors (Lipinski definition) is 1. The molecule has 1 aliphatic rings. The average Bonchev–Trinajstić information content (AvgIpc) is 3.06. The van der Waals surface area contributed by atoms with Gasteiger partial charge in [-0.1, -0.05) is 42.5 Å². The van der Waals surface area contributed by atoms with Gasteiger partial charge in [-0.15, -0.1) is 0 Å². The number of methoxy groups -OCH3 is 1. The third-order valence-corrected chi connectivity index (χ3v) is 4.72. The van der Waals surface area contributed by atoms with E-state index >= 15 is 0 Å². The quantitative estimate of drug-likeness (QED) is 0.811. The van der Waals surface area contributed by atoms with Crippen LogP contribution in [-0.2, 0) is 22.4 Å². The van der Waals surface area contributed by atoms with Crippen LogP contribution in [0.1, 0.15) is 11.1 Å². The molecule has 1 fully saturated rings. The summed E-state index contributed by atoms with van der Waals surface area (Å²) < 4.78 is 10.2. The molecule has 2 atom stereocenters. The second kappa shape index (κ2) is 8.68.